The second-order valence-electron chi connectivity index (χ2n) is 6.42. The van der Waals surface area contributed by atoms with Crippen molar-refractivity contribution in [1.82, 2.24) is 0 Å². The number of nitrogens with two attached hydrogens (primary N) is 1. The molecule has 2 rings (SSSR count). The third-order valence-corrected chi connectivity index (χ3v) is 4.46. The standard InChI is InChI=1S/C17H23F3N2O2/c18-17(19,20)12-7-4-8-13(10-12)22-16(24)15(23)14(21)9-11-5-2-1-3-6-11/h4,7-8,10-11,14-15,23H,1-3,5-6,9,21H2,(H,22,24). The lowest BCUT2D eigenvalue weighted by Crippen LogP contribution is -2.44. The van der Waals surface area contributed by atoms with Crippen LogP contribution < -0.4 is 11.1 Å². The molecule has 4 nitrogen and oxygen atoms in total. The van der Waals surface area contributed by atoms with Gasteiger partial charge in [0.05, 0.1) is 5.56 Å². The fraction of sp³-hybridized carbons (Fsp3) is 0.588. The molecule has 0 aliphatic heterocycles. The predicted octanol–water partition coefficient (Wildman–Crippen LogP) is 3.30. The molecule has 134 valence electrons. The first-order valence-electron chi connectivity index (χ1n) is 8.19. The van der Waals surface area contributed by atoms with E-state index in [1.807, 2.05) is 0 Å². The van der Waals surface area contributed by atoms with Crippen molar-refractivity contribution >= 4 is 11.6 Å². The Balaban J connectivity index is 1.93. The number of aliphatic hydroxyl groups excluding tert-OH is 1. The van der Waals surface area contributed by atoms with Crippen LogP contribution in [0, 0.1) is 5.92 Å². The lowest BCUT2D eigenvalue weighted by molar-refractivity contribution is -0.137. The summed E-state index contributed by atoms with van der Waals surface area (Å²) in [6, 6.07) is 3.57. The molecule has 7 heteroatoms. The quantitative estimate of drug-likeness (QED) is 0.767. The zero-order chi connectivity index (χ0) is 17.7. The Morgan fingerprint density at radius 1 is 1.29 bits per heavy atom. The second-order valence-corrected chi connectivity index (χ2v) is 6.42. The fourth-order valence-corrected chi connectivity index (χ4v) is 3.12. The van der Waals surface area contributed by atoms with E-state index < -0.39 is 29.8 Å². The molecular weight excluding hydrogens is 321 g/mol. The van der Waals surface area contributed by atoms with Crippen molar-refractivity contribution < 1.29 is 23.1 Å². The second kappa shape index (κ2) is 7.98. The van der Waals surface area contributed by atoms with Gasteiger partial charge in [-0.05, 0) is 30.5 Å². The largest absolute Gasteiger partial charge is 0.416 e. The van der Waals surface area contributed by atoms with Crippen LogP contribution in [-0.4, -0.2) is 23.2 Å². The molecule has 0 radical (unpaired) electrons. The van der Waals surface area contributed by atoms with E-state index in [-0.39, 0.29) is 5.69 Å². The minimum absolute atomic E-state index is 0.0151. The van der Waals surface area contributed by atoms with Gasteiger partial charge in [-0.2, -0.15) is 13.2 Å². The number of carbonyl (C=O) groups is 1. The summed E-state index contributed by atoms with van der Waals surface area (Å²) in [6.07, 6.45) is 0.138. The zero-order valence-electron chi connectivity index (χ0n) is 13.4. The van der Waals surface area contributed by atoms with Gasteiger partial charge >= 0.3 is 6.18 Å². The highest BCUT2D eigenvalue weighted by Crippen LogP contribution is 2.31. The van der Waals surface area contributed by atoms with E-state index in [9.17, 15) is 23.1 Å². The first-order chi connectivity index (χ1) is 11.3. The maximum Gasteiger partial charge on any atom is 0.416 e. The highest BCUT2D eigenvalue weighted by Gasteiger charge is 2.31. The van der Waals surface area contributed by atoms with Gasteiger partial charge in [0, 0.05) is 11.7 Å². The molecule has 1 aliphatic carbocycles. The van der Waals surface area contributed by atoms with Gasteiger partial charge < -0.3 is 16.2 Å². The van der Waals surface area contributed by atoms with E-state index in [0.717, 1.165) is 37.8 Å². The molecule has 4 N–H and O–H groups in total. The number of anilines is 1. The summed E-state index contributed by atoms with van der Waals surface area (Å²) in [5, 5.41) is 12.4. The molecule has 0 saturated heterocycles. The molecular formula is C17H23F3N2O2. The zero-order valence-corrected chi connectivity index (χ0v) is 13.4. The van der Waals surface area contributed by atoms with Crippen LogP contribution in [0.5, 0.6) is 0 Å². The molecule has 0 spiro atoms. The Morgan fingerprint density at radius 2 is 1.96 bits per heavy atom. The highest BCUT2D eigenvalue weighted by molar-refractivity contribution is 5.94. The number of carbonyl (C=O) groups excluding carboxylic acids is 1. The van der Waals surface area contributed by atoms with E-state index in [4.69, 9.17) is 5.73 Å². The number of hydrogen-bond acceptors (Lipinski definition) is 3. The summed E-state index contributed by atoms with van der Waals surface area (Å²) < 4.78 is 38.0. The number of halogens is 3. The Bertz CT molecular complexity index is 557. The van der Waals surface area contributed by atoms with Crippen LogP contribution in [-0.2, 0) is 11.0 Å². The topological polar surface area (TPSA) is 75.3 Å². The number of aliphatic hydroxyl groups is 1. The van der Waals surface area contributed by atoms with Gasteiger partial charge in [-0.15, -0.1) is 0 Å². The van der Waals surface area contributed by atoms with Crippen LogP contribution in [0.25, 0.3) is 0 Å². The van der Waals surface area contributed by atoms with Crippen LogP contribution in [0.15, 0.2) is 24.3 Å². The molecule has 2 atom stereocenters. The SMILES string of the molecule is NC(CC1CCCCC1)C(O)C(=O)Nc1cccc(C(F)(F)F)c1. The molecule has 1 fully saturated rings. The molecule has 1 aromatic carbocycles. The maximum absolute atomic E-state index is 12.7. The number of hydrogen-bond donors (Lipinski definition) is 3. The van der Waals surface area contributed by atoms with Crippen LogP contribution in [0.4, 0.5) is 18.9 Å². The average molecular weight is 344 g/mol. The number of rotatable bonds is 5. The predicted molar refractivity (Wildman–Crippen MR) is 85.2 cm³/mol. The van der Waals surface area contributed by atoms with Crippen LogP contribution in [0.2, 0.25) is 0 Å². The molecule has 24 heavy (non-hydrogen) atoms. The minimum Gasteiger partial charge on any atom is -0.382 e. The Labute approximate surface area is 139 Å². The summed E-state index contributed by atoms with van der Waals surface area (Å²) in [6.45, 7) is 0. The van der Waals surface area contributed by atoms with E-state index in [1.165, 1.54) is 18.6 Å². The lowest BCUT2D eigenvalue weighted by Gasteiger charge is -2.26. The molecule has 2 unspecified atom stereocenters. The smallest absolute Gasteiger partial charge is 0.382 e. The number of nitrogens with one attached hydrogen (secondary N) is 1. The Morgan fingerprint density at radius 3 is 2.58 bits per heavy atom. The van der Waals surface area contributed by atoms with Crippen molar-refractivity contribution in [3.05, 3.63) is 29.8 Å². The number of amides is 1. The van der Waals surface area contributed by atoms with Gasteiger partial charge in [-0.1, -0.05) is 38.2 Å². The minimum atomic E-state index is -4.49. The summed E-state index contributed by atoms with van der Waals surface area (Å²) in [4.78, 5) is 12.0. The van der Waals surface area contributed by atoms with Crippen LogP contribution in [0.3, 0.4) is 0 Å². The molecule has 0 heterocycles. The van der Waals surface area contributed by atoms with E-state index in [1.54, 1.807) is 0 Å². The third-order valence-electron chi connectivity index (χ3n) is 4.46. The lowest BCUT2D eigenvalue weighted by atomic mass is 9.84. The molecule has 1 aliphatic rings. The normalized spacial score (nSPS) is 18.9. The summed E-state index contributed by atoms with van der Waals surface area (Å²) >= 11 is 0. The Kier molecular flexibility index (Phi) is 6.23. The third kappa shape index (κ3) is 5.21. The molecule has 0 aromatic heterocycles. The first kappa shape index (κ1) is 18.7. The Hall–Kier alpha value is -1.60. The summed E-state index contributed by atoms with van der Waals surface area (Å²) in [7, 11) is 0. The molecule has 0 bridgehead atoms. The van der Waals surface area contributed by atoms with E-state index in [0.29, 0.717) is 12.3 Å². The number of benzene rings is 1. The van der Waals surface area contributed by atoms with Gasteiger partial charge in [0.1, 0.15) is 6.10 Å². The molecule has 1 saturated carbocycles. The molecule has 1 amide bonds. The molecule has 1 aromatic rings. The van der Waals surface area contributed by atoms with E-state index in [2.05, 4.69) is 5.32 Å². The summed E-state index contributed by atoms with van der Waals surface area (Å²) in [5.74, 6) is -0.387. The van der Waals surface area contributed by atoms with Gasteiger partial charge in [0.15, 0.2) is 0 Å². The van der Waals surface area contributed by atoms with Crippen molar-refractivity contribution in [2.75, 3.05) is 5.32 Å². The van der Waals surface area contributed by atoms with Gasteiger partial charge in [0.2, 0.25) is 0 Å². The van der Waals surface area contributed by atoms with Crippen molar-refractivity contribution in [1.29, 1.82) is 0 Å². The first-order valence-corrected chi connectivity index (χ1v) is 8.19. The van der Waals surface area contributed by atoms with E-state index >= 15 is 0 Å². The highest BCUT2D eigenvalue weighted by atomic mass is 19.4. The maximum atomic E-state index is 12.7. The van der Waals surface area contributed by atoms with Gasteiger partial charge in [0.25, 0.3) is 5.91 Å². The van der Waals surface area contributed by atoms with Crippen LogP contribution in [0.1, 0.15) is 44.1 Å². The van der Waals surface area contributed by atoms with Gasteiger partial charge in [-0.25, -0.2) is 0 Å². The number of alkyl halides is 3. The van der Waals surface area contributed by atoms with Crippen molar-refractivity contribution in [2.24, 2.45) is 11.7 Å². The van der Waals surface area contributed by atoms with Crippen molar-refractivity contribution in [3.8, 4) is 0 Å². The average Bonchev–Trinajstić information content (AvgIpc) is 2.54. The summed E-state index contributed by atoms with van der Waals surface area (Å²) in [5.41, 5.74) is 5.04. The fourth-order valence-electron chi connectivity index (χ4n) is 3.12. The van der Waals surface area contributed by atoms with Crippen LogP contribution >= 0.6 is 0 Å². The van der Waals surface area contributed by atoms with Gasteiger partial charge in [-0.3, -0.25) is 4.79 Å². The van der Waals surface area contributed by atoms with Crippen molar-refractivity contribution in [3.63, 3.8) is 0 Å². The van der Waals surface area contributed by atoms with Crippen molar-refractivity contribution in [2.45, 2.75) is 56.8 Å². The monoisotopic (exact) mass is 344 g/mol.